The highest BCUT2D eigenvalue weighted by atomic mass is 16.5. The summed E-state index contributed by atoms with van der Waals surface area (Å²) < 4.78 is 4.83. The lowest BCUT2D eigenvalue weighted by atomic mass is 10.3. The molecule has 0 unspecified atom stereocenters. The molecule has 51 valence electrons. The zero-order chi connectivity index (χ0) is 7.40. The van der Waals surface area contributed by atoms with Crippen LogP contribution in [-0.2, 0) is 4.79 Å². The van der Waals surface area contributed by atoms with E-state index in [9.17, 15) is 4.79 Å². The predicted molar refractivity (Wildman–Crippen MR) is 35.6 cm³/mol. The number of methoxy groups -OCH3 is 1. The molecule has 0 saturated heterocycles. The fourth-order valence-electron chi connectivity index (χ4n) is 0.636. The lowest BCUT2D eigenvalue weighted by Gasteiger charge is -1.98. The van der Waals surface area contributed by atoms with Crippen molar-refractivity contribution in [3.05, 3.63) is 24.0 Å². The van der Waals surface area contributed by atoms with Gasteiger partial charge in [0, 0.05) is 12.4 Å². The summed E-state index contributed by atoms with van der Waals surface area (Å²) in [6.07, 6.45) is 4.67. The van der Waals surface area contributed by atoms with Crippen LogP contribution in [0.5, 0.6) is 5.75 Å². The first-order chi connectivity index (χ1) is 4.88. The molecule has 1 aromatic heterocycles. The molecule has 0 spiro atoms. The van der Waals surface area contributed by atoms with Crippen LogP contribution < -0.4 is 4.74 Å². The third-order valence-corrected chi connectivity index (χ3v) is 1.11. The normalized spacial score (nSPS) is 8.90. The molecule has 3 nitrogen and oxygen atoms in total. The van der Waals surface area contributed by atoms with E-state index in [1.165, 1.54) is 13.3 Å². The second kappa shape index (κ2) is 2.96. The topological polar surface area (TPSA) is 39.2 Å². The van der Waals surface area contributed by atoms with E-state index in [0.717, 1.165) is 0 Å². The largest absolute Gasteiger partial charge is 0.496 e. The summed E-state index contributed by atoms with van der Waals surface area (Å²) >= 11 is 0. The van der Waals surface area contributed by atoms with Crippen molar-refractivity contribution in [3.8, 4) is 5.75 Å². The van der Waals surface area contributed by atoms with Crippen molar-refractivity contribution in [1.29, 1.82) is 0 Å². The molecule has 0 bridgehead atoms. The van der Waals surface area contributed by atoms with E-state index in [-0.39, 0.29) is 0 Å². The van der Waals surface area contributed by atoms with Crippen molar-refractivity contribution in [1.82, 2.24) is 4.98 Å². The quantitative estimate of drug-likeness (QED) is 0.596. The van der Waals surface area contributed by atoms with Gasteiger partial charge in [0.1, 0.15) is 5.75 Å². The summed E-state index contributed by atoms with van der Waals surface area (Å²) in [4.78, 5) is 13.9. The van der Waals surface area contributed by atoms with Crippen LogP contribution in [0.2, 0.25) is 0 Å². The van der Waals surface area contributed by atoms with Crippen LogP contribution in [0, 0.1) is 0 Å². The van der Waals surface area contributed by atoms with E-state index < -0.39 is 0 Å². The fraction of sp³-hybridized carbons (Fsp3) is 0.143. The second-order valence-corrected chi connectivity index (χ2v) is 1.68. The van der Waals surface area contributed by atoms with Crippen molar-refractivity contribution >= 4 is 6.29 Å². The number of nitrogens with zero attached hydrogens (tertiary/aromatic N) is 1. The Morgan fingerprint density at radius 2 is 2.50 bits per heavy atom. The van der Waals surface area contributed by atoms with Crippen LogP contribution in [0.1, 0.15) is 5.56 Å². The maximum absolute atomic E-state index is 10.1. The molecular formula is C7H6NO2. The predicted octanol–water partition coefficient (Wildman–Crippen LogP) is 0.548. The van der Waals surface area contributed by atoms with Crippen molar-refractivity contribution in [2.24, 2.45) is 0 Å². The van der Waals surface area contributed by atoms with E-state index in [1.54, 1.807) is 18.5 Å². The van der Waals surface area contributed by atoms with Crippen molar-refractivity contribution < 1.29 is 9.53 Å². The van der Waals surface area contributed by atoms with E-state index in [4.69, 9.17) is 4.74 Å². The van der Waals surface area contributed by atoms with Gasteiger partial charge in [0.15, 0.2) is 0 Å². The van der Waals surface area contributed by atoms with Gasteiger partial charge in [0.05, 0.1) is 12.7 Å². The number of carbonyl (C=O) groups excluding carboxylic acids is 1. The van der Waals surface area contributed by atoms with E-state index >= 15 is 0 Å². The lowest BCUT2D eigenvalue weighted by molar-refractivity contribution is 0.412. The Balaban J connectivity index is 3.08. The number of hydrogen-bond acceptors (Lipinski definition) is 3. The van der Waals surface area contributed by atoms with Crippen molar-refractivity contribution in [3.63, 3.8) is 0 Å². The zero-order valence-corrected chi connectivity index (χ0v) is 5.50. The highest BCUT2D eigenvalue weighted by Gasteiger charge is 1.98. The smallest absolute Gasteiger partial charge is 0.239 e. The third kappa shape index (κ3) is 1.13. The van der Waals surface area contributed by atoms with Gasteiger partial charge >= 0.3 is 0 Å². The SMILES string of the molecule is COc1ccncc1[C]=O. The number of hydrogen-bond donors (Lipinski definition) is 0. The van der Waals surface area contributed by atoms with Gasteiger partial charge in [-0.3, -0.25) is 9.78 Å². The molecule has 0 fully saturated rings. The average Bonchev–Trinajstić information content (AvgIpc) is 2.04. The van der Waals surface area contributed by atoms with Crippen LogP contribution in [-0.4, -0.2) is 18.4 Å². The van der Waals surface area contributed by atoms with Crippen LogP contribution in [0.4, 0.5) is 0 Å². The van der Waals surface area contributed by atoms with Gasteiger partial charge < -0.3 is 4.74 Å². The molecule has 1 rings (SSSR count). The van der Waals surface area contributed by atoms with Crippen LogP contribution in [0.15, 0.2) is 18.5 Å². The minimum atomic E-state index is 0.352. The third-order valence-electron chi connectivity index (χ3n) is 1.11. The number of pyridine rings is 1. The van der Waals surface area contributed by atoms with Gasteiger partial charge in [-0.1, -0.05) is 0 Å². The molecule has 0 N–H and O–H groups in total. The van der Waals surface area contributed by atoms with Gasteiger partial charge in [0.2, 0.25) is 6.29 Å². The summed E-state index contributed by atoms with van der Waals surface area (Å²) in [5.41, 5.74) is 0.352. The minimum absolute atomic E-state index is 0.352. The highest BCUT2D eigenvalue weighted by molar-refractivity contribution is 5.78. The molecule has 0 aliphatic rings. The first kappa shape index (κ1) is 6.74. The monoisotopic (exact) mass is 136 g/mol. The van der Waals surface area contributed by atoms with Crippen LogP contribution in [0.3, 0.4) is 0 Å². The first-order valence-electron chi connectivity index (χ1n) is 2.74. The number of aromatic nitrogens is 1. The maximum atomic E-state index is 10.1. The summed E-state index contributed by atoms with van der Waals surface area (Å²) in [7, 11) is 1.50. The van der Waals surface area contributed by atoms with Crippen molar-refractivity contribution in [2.75, 3.05) is 7.11 Å². The average molecular weight is 136 g/mol. The molecule has 0 saturated carbocycles. The summed E-state index contributed by atoms with van der Waals surface area (Å²) in [5, 5.41) is 0. The molecular weight excluding hydrogens is 130 g/mol. The number of rotatable bonds is 2. The lowest BCUT2D eigenvalue weighted by Crippen LogP contribution is -1.90. The van der Waals surface area contributed by atoms with Crippen molar-refractivity contribution in [2.45, 2.75) is 0 Å². The van der Waals surface area contributed by atoms with E-state index in [0.29, 0.717) is 11.3 Å². The summed E-state index contributed by atoms with van der Waals surface area (Å²) in [5.74, 6) is 0.505. The Kier molecular flexibility index (Phi) is 1.99. The Labute approximate surface area is 58.7 Å². The molecule has 0 atom stereocenters. The molecule has 1 radical (unpaired) electrons. The van der Waals surface area contributed by atoms with Gasteiger partial charge in [-0.15, -0.1) is 0 Å². The Morgan fingerprint density at radius 1 is 1.70 bits per heavy atom. The maximum Gasteiger partial charge on any atom is 0.239 e. The van der Waals surface area contributed by atoms with Gasteiger partial charge in [-0.05, 0) is 6.07 Å². The van der Waals surface area contributed by atoms with Crippen LogP contribution in [0.25, 0.3) is 0 Å². The zero-order valence-electron chi connectivity index (χ0n) is 5.50. The Hall–Kier alpha value is -1.38. The molecule has 0 aromatic carbocycles. The first-order valence-corrected chi connectivity index (χ1v) is 2.74. The van der Waals surface area contributed by atoms with E-state index in [2.05, 4.69) is 4.98 Å². The Morgan fingerprint density at radius 3 is 3.00 bits per heavy atom. The van der Waals surface area contributed by atoms with E-state index in [1.807, 2.05) is 0 Å². The molecule has 0 aliphatic heterocycles. The van der Waals surface area contributed by atoms with Gasteiger partial charge in [0.25, 0.3) is 0 Å². The fourth-order valence-corrected chi connectivity index (χ4v) is 0.636. The molecule has 1 heterocycles. The summed E-state index contributed by atoms with van der Waals surface area (Å²) in [6, 6.07) is 1.61. The minimum Gasteiger partial charge on any atom is -0.496 e. The van der Waals surface area contributed by atoms with Crippen LogP contribution >= 0.6 is 0 Å². The molecule has 10 heavy (non-hydrogen) atoms. The standard InChI is InChI=1S/C7H6NO2/c1-10-7-2-3-8-4-6(7)5-9/h2-4H,1H3. The molecule has 3 heteroatoms. The van der Waals surface area contributed by atoms with Gasteiger partial charge in [-0.25, -0.2) is 0 Å². The highest BCUT2D eigenvalue weighted by Crippen LogP contribution is 2.11. The molecule has 1 aromatic rings. The van der Waals surface area contributed by atoms with Gasteiger partial charge in [-0.2, -0.15) is 0 Å². The molecule has 0 aliphatic carbocycles. The Bertz CT molecular complexity index is 235. The second-order valence-electron chi connectivity index (χ2n) is 1.68. The number of ether oxygens (including phenoxy) is 1. The molecule has 0 amide bonds. The summed E-state index contributed by atoms with van der Waals surface area (Å²) in [6.45, 7) is 0.